The van der Waals surface area contributed by atoms with Gasteiger partial charge in [-0.25, -0.2) is 4.39 Å². The zero-order chi connectivity index (χ0) is 10.8. The molecule has 1 aromatic carbocycles. The Morgan fingerprint density at radius 3 is 2.87 bits per heavy atom. The number of rotatable bonds is 3. The van der Waals surface area contributed by atoms with Gasteiger partial charge in [0.15, 0.2) is 0 Å². The molecule has 1 heterocycles. The monoisotopic (exact) mass is 224 g/mol. The summed E-state index contributed by atoms with van der Waals surface area (Å²) in [5, 5.41) is 1.14. The molecule has 0 amide bonds. The third kappa shape index (κ3) is 2.34. The Balaban J connectivity index is 2.27. The molecule has 0 N–H and O–H groups in total. The highest BCUT2D eigenvalue weighted by atomic mass is 32.2. The van der Waals surface area contributed by atoms with Gasteiger partial charge in [0.2, 0.25) is 0 Å². The molecule has 0 saturated heterocycles. The lowest BCUT2D eigenvalue weighted by atomic mass is 10.2. The van der Waals surface area contributed by atoms with E-state index in [1.54, 1.807) is 30.0 Å². The summed E-state index contributed by atoms with van der Waals surface area (Å²) in [6.07, 6.45) is 0. The van der Waals surface area contributed by atoms with Crippen LogP contribution in [0, 0.1) is 5.82 Å². The smallest absolute Gasteiger partial charge is 0.137 e. The van der Waals surface area contributed by atoms with E-state index in [-0.39, 0.29) is 5.82 Å². The van der Waals surface area contributed by atoms with Crippen molar-refractivity contribution in [1.82, 2.24) is 0 Å². The van der Waals surface area contributed by atoms with Gasteiger partial charge in [0, 0.05) is 0 Å². The molecule has 0 atom stereocenters. The van der Waals surface area contributed by atoms with E-state index in [9.17, 15) is 4.39 Å². The second-order valence-corrected chi connectivity index (χ2v) is 5.29. The van der Waals surface area contributed by atoms with Crippen LogP contribution in [0.1, 0.15) is 19.6 Å². The molecule has 2 rings (SSSR count). The van der Waals surface area contributed by atoms with Crippen LogP contribution in [0.2, 0.25) is 0 Å². The van der Waals surface area contributed by atoms with Crippen LogP contribution in [0.15, 0.2) is 28.7 Å². The van der Waals surface area contributed by atoms with Crippen molar-refractivity contribution in [1.29, 1.82) is 0 Å². The van der Waals surface area contributed by atoms with Gasteiger partial charge < -0.3 is 4.42 Å². The van der Waals surface area contributed by atoms with E-state index in [0.29, 0.717) is 16.2 Å². The number of halogens is 1. The molecule has 2 aromatic rings. The van der Waals surface area contributed by atoms with Gasteiger partial charge in [0.05, 0.1) is 11.1 Å². The lowest BCUT2D eigenvalue weighted by Gasteiger charge is -2.00. The Hall–Kier alpha value is -0.960. The van der Waals surface area contributed by atoms with Crippen LogP contribution in [0.5, 0.6) is 0 Å². The van der Waals surface area contributed by atoms with Gasteiger partial charge in [-0.15, -0.1) is 0 Å². The molecule has 3 heteroatoms. The fourth-order valence-electron chi connectivity index (χ4n) is 1.40. The van der Waals surface area contributed by atoms with Gasteiger partial charge in [0.1, 0.15) is 17.2 Å². The highest BCUT2D eigenvalue weighted by molar-refractivity contribution is 7.99. The molecule has 0 spiro atoms. The van der Waals surface area contributed by atoms with Crippen LogP contribution in [0.25, 0.3) is 11.0 Å². The third-order valence-electron chi connectivity index (χ3n) is 2.12. The van der Waals surface area contributed by atoms with E-state index in [4.69, 9.17) is 4.42 Å². The molecule has 0 aliphatic heterocycles. The number of hydrogen-bond acceptors (Lipinski definition) is 2. The molecular weight excluding hydrogens is 211 g/mol. The van der Waals surface area contributed by atoms with Crippen LogP contribution < -0.4 is 0 Å². The zero-order valence-corrected chi connectivity index (χ0v) is 9.60. The average molecular weight is 224 g/mol. The van der Waals surface area contributed by atoms with Gasteiger partial charge >= 0.3 is 0 Å². The van der Waals surface area contributed by atoms with E-state index in [1.807, 2.05) is 0 Å². The molecule has 0 radical (unpaired) electrons. The highest BCUT2D eigenvalue weighted by Gasteiger charge is 2.07. The summed E-state index contributed by atoms with van der Waals surface area (Å²) in [6.45, 7) is 4.27. The van der Waals surface area contributed by atoms with Crippen molar-refractivity contribution in [2.24, 2.45) is 0 Å². The van der Waals surface area contributed by atoms with E-state index >= 15 is 0 Å². The second-order valence-electron chi connectivity index (χ2n) is 3.72. The van der Waals surface area contributed by atoms with Crippen LogP contribution >= 0.6 is 11.8 Å². The number of hydrogen-bond donors (Lipinski definition) is 0. The van der Waals surface area contributed by atoms with Gasteiger partial charge in [-0.2, -0.15) is 11.8 Å². The van der Waals surface area contributed by atoms with E-state index in [1.165, 1.54) is 6.07 Å². The number of fused-ring (bicyclic) bond motifs is 1. The Morgan fingerprint density at radius 2 is 2.20 bits per heavy atom. The van der Waals surface area contributed by atoms with Crippen molar-refractivity contribution in [3.8, 4) is 0 Å². The molecular formula is C12H13FOS. The zero-order valence-electron chi connectivity index (χ0n) is 8.79. The fourth-order valence-corrected chi connectivity index (χ4v) is 2.04. The van der Waals surface area contributed by atoms with E-state index in [2.05, 4.69) is 13.8 Å². The summed E-state index contributed by atoms with van der Waals surface area (Å²) in [7, 11) is 0. The van der Waals surface area contributed by atoms with Gasteiger partial charge in [-0.3, -0.25) is 0 Å². The Labute approximate surface area is 92.7 Å². The minimum atomic E-state index is -0.211. The first kappa shape index (κ1) is 10.6. The maximum Gasteiger partial charge on any atom is 0.137 e. The molecule has 0 unspecified atom stereocenters. The lowest BCUT2D eigenvalue weighted by molar-refractivity contribution is 0.572. The van der Waals surface area contributed by atoms with Crippen LogP contribution in [-0.4, -0.2) is 5.25 Å². The summed E-state index contributed by atoms with van der Waals surface area (Å²) >= 11 is 1.79. The molecule has 0 aliphatic carbocycles. The normalized spacial score (nSPS) is 11.5. The molecule has 1 nitrogen and oxygen atoms in total. The van der Waals surface area contributed by atoms with E-state index < -0.39 is 0 Å². The average Bonchev–Trinajstić information content (AvgIpc) is 2.59. The first-order chi connectivity index (χ1) is 7.16. The SMILES string of the molecule is CC(C)SCc1cc2c(F)cccc2o1. The summed E-state index contributed by atoms with van der Waals surface area (Å²) in [5.74, 6) is 1.43. The summed E-state index contributed by atoms with van der Waals surface area (Å²) < 4.78 is 18.9. The number of furan rings is 1. The quantitative estimate of drug-likeness (QED) is 0.774. The van der Waals surface area contributed by atoms with Crippen molar-refractivity contribution in [2.75, 3.05) is 0 Å². The second kappa shape index (κ2) is 4.27. The topological polar surface area (TPSA) is 13.1 Å². The van der Waals surface area contributed by atoms with Crippen molar-refractivity contribution in [3.05, 3.63) is 35.8 Å². The first-order valence-corrected chi connectivity index (χ1v) is 6.00. The van der Waals surface area contributed by atoms with Crippen LogP contribution in [-0.2, 0) is 5.75 Å². The fraction of sp³-hybridized carbons (Fsp3) is 0.333. The predicted octanol–water partition coefficient (Wildman–Crippen LogP) is 4.21. The maximum absolute atomic E-state index is 13.3. The minimum absolute atomic E-state index is 0.211. The van der Waals surface area contributed by atoms with Crippen molar-refractivity contribution in [3.63, 3.8) is 0 Å². The standard InChI is InChI=1S/C12H13FOS/c1-8(2)15-7-9-6-10-11(13)4-3-5-12(10)14-9/h3-6,8H,7H2,1-2H3. The summed E-state index contributed by atoms with van der Waals surface area (Å²) in [6, 6.07) is 6.71. The number of benzene rings is 1. The molecule has 0 bridgehead atoms. The molecule has 0 saturated carbocycles. The van der Waals surface area contributed by atoms with E-state index in [0.717, 1.165) is 11.5 Å². The molecule has 15 heavy (non-hydrogen) atoms. The van der Waals surface area contributed by atoms with Crippen molar-refractivity contribution < 1.29 is 8.81 Å². The first-order valence-electron chi connectivity index (χ1n) is 4.95. The largest absolute Gasteiger partial charge is 0.460 e. The predicted molar refractivity (Wildman–Crippen MR) is 62.6 cm³/mol. The van der Waals surface area contributed by atoms with Gasteiger partial charge in [-0.05, 0) is 23.4 Å². The van der Waals surface area contributed by atoms with Gasteiger partial charge in [-0.1, -0.05) is 19.9 Å². The third-order valence-corrected chi connectivity index (χ3v) is 3.24. The molecule has 0 aliphatic rings. The van der Waals surface area contributed by atoms with Crippen molar-refractivity contribution in [2.45, 2.75) is 24.9 Å². The van der Waals surface area contributed by atoms with Crippen LogP contribution in [0.3, 0.4) is 0 Å². The molecule has 80 valence electrons. The Morgan fingerprint density at radius 1 is 1.40 bits per heavy atom. The molecule has 1 aromatic heterocycles. The maximum atomic E-state index is 13.3. The summed E-state index contributed by atoms with van der Waals surface area (Å²) in [4.78, 5) is 0. The number of thioether (sulfide) groups is 1. The summed E-state index contributed by atoms with van der Waals surface area (Å²) in [5.41, 5.74) is 0.634. The Kier molecular flexibility index (Phi) is 3.00. The van der Waals surface area contributed by atoms with Gasteiger partial charge in [0.25, 0.3) is 0 Å². The highest BCUT2D eigenvalue weighted by Crippen LogP contribution is 2.25. The van der Waals surface area contributed by atoms with Crippen molar-refractivity contribution >= 4 is 22.7 Å². The minimum Gasteiger partial charge on any atom is -0.460 e. The molecule has 0 fully saturated rings. The lowest BCUT2D eigenvalue weighted by Crippen LogP contribution is -1.86. The van der Waals surface area contributed by atoms with Crippen LogP contribution in [0.4, 0.5) is 4.39 Å². The Bertz CT molecular complexity index is 462.